The normalized spacial score (nSPS) is 33.5. The lowest BCUT2D eigenvalue weighted by molar-refractivity contribution is -0.207. The van der Waals surface area contributed by atoms with Crippen molar-refractivity contribution in [3.05, 3.63) is 0 Å². The third-order valence-corrected chi connectivity index (χ3v) is 6.01. The van der Waals surface area contributed by atoms with E-state index in [0.717, 1.165) is 32.4 Å². The van der Waals surface area contributed by atoms with Crippen LogP contribution in [0.15, 0.2) is 0 Å². The van der Waals surface area contributed by atoms with Gasteiger partial charge in [0.15, 0.2) is 0 Å². The molecule has 4 heteroatoms. The number of hydrogen-bond acceptors (Lipinski definition) is 3. The van der Waals surface area contributed by atoms with Gasteiger partial charge in [0.25, 0.3) is 0 Å². The number of ether oxygens (including phenoxy) is 1. The summed E-state index contributed by atoms with van der Waals surface area (Å²) >= 11 is 0. The standard InChI is InChI=1S/C16H30N2O2/c1-15(2)13(11-16(15,3)20-5)18(4)14(19)10-12-6-8-17-9-7-12/h12-13,17H,6-11H2,1-5H3/t13-,16+/m0/s1. The molecule has 0 unspecified atom stereocenters. The average molecular weight is 282 g/mol. The van der Waals surface area contributed by atoms with Crippen LogP contribution in [-0.4, -0.2) is 49.7 Å². The molecule has 1 N–H and O–H groups in total. The predicted molar refractivity (Wildman–Crippen MR) is 80.6 cm³/mol. The van der Waals surface area contributed by atoms with E-state index in [9.17, 15) is 4.79 Å². The van der Waals surface area contributed by atoms with Gasteiger partial charge in [-0.15, -0.1) is 0 Å². The summed E-state index contributed by atoms with van der Waals surface area (Å²) in [6, 6.07) is 0.293. The second-order valence-electron chi connectivity index (χ2n) is 7.28. The summed E-state index contributed by atoms with van der Waals surface area (Å²) in [6.45, 7) is 8.67. The van der Waals surface area contributed by atoms with Crippen LogP contribution in [0.2, 0.25) is 0 Å². The van der Waals surface area contributed by atoms with E-state index in [-0.39, 0.29) is 11.0 Å². The largest absolute Gasteiger partial charge is 0.378 e. The molecule has 116 valence electrons. The molecule has 2 atom stereocenters. The van der Waals surface area contributed by atoms with E-state index >= 15 is 0 Å². The molecule has 1 saturated heterocycles. The third-order valence-electron chi connectivity index (χ3n) is 6.01. The van der Waals surface area contributed by atoms with Gasteiger partial charge in [-0.2, -0.15) is 0 Å². The maximum absolute atomic E-state index is 12.5. The van der Waals surface area contributed by atoms with Gasteiger partial charge >= 0.3 is 0 Å². The highest BCUT2D eigenvalue weighted by Gasteiger charge is 2.59. The summed E-state index contributed by atoms with van der Waals surface area (Å²) in [6.07, 6.45) is 3.90. The van der Waals surface area contributed by atoms with Crippen LogP contribution in [0.1, 0.15) is 46.5 Å². The fourth-order valence-electron chi connectivity index (χ4n) is 3.73. The van der Waals surface area contributed by atoms with E-state index in [1.807, 2.05) is 11.9 Å². The highest BCUT2D eigenvalue weighted by Crippen LogP contribution is 2.53. The average Bonchev–Trinajstić information content (AvgIpc) is 2.44. The molecule has 1 amide bonds. The summed E-state index contributed by atoms with van der Waals surface area (Å²) in [4.78, 5) is 14.5. The maximum atomic E-state index is 12.5. The van der Waals surface area contributed by atoms with Gasteiger partial charge in [0.05, 0.1) is 5.60 Å². The minimum atomic E-state index is -0.110. The molecule has 1 heterocycles. The molecule has 20 heavy (non-hydrogen) atoms. The van der Waals surface area contributed by atoms with Crippen LogP contribution in [-0.2, 0) is 9.53 Å². The van der Waals surface area contributed by atoms with Gasteiger partial charge < -0.3 is 15.0 Å². The lowest BCUT2D eigenvalue weighted by Gasteiger charge is -2.61. The van der Waals surface area contributed by atoms with E-state index < -0.39 is 0 Å². The fourth-order valence-corrected chi connectivity index (χ4v) is 3.73. The number of piperidine rings is 1. The van der Waals surface area contributed by atoms with Crippen molar-refractivity contribution in [3.63, 3.8) is 0 Å². The van der Waals surface area contributed by atoms with E-state index in [1.54, 1.807) is 7.11 Å². The second kappa shape index (κ2) is 5.64. The number of carbonyl (C=O) groups is 1. The lowest BCUT2D eigenvalue weighted by Crippen LogP contribution is -2.68. The Morgan fingerprint density at radius 2 is 1.90 bits per heavy atom. The third kappa shape index (κ3) is 2.60. The highest BCUT2D eigenvalue weighted by molar-refractivity contribution is 5.76. The maximum Gasteiger partial charge on any atom is 0.222 e. The Balaban J connectivity index is 1.91. The highest BCUT2D eigenvalue weighted by atomic mass is 16.5. The first-order chi connectivity index (χ1) is 9.32. The van der Waals surface area contributed by atoms with Crippen LogP contribution in [0.4, 0.5) is 0 Å². The van der Waals surface area contributed by atoms with Crippen LogP contribution in [0.3, 0.4) is 0 Å². The van der Waals surface area contributed by atoms with Crippen LogP contribution in [0.5, 0.6) is 0 Å². The number of amides is 1. The molecule has 0 bridgehead atoms. The van der Waals surface area contributed by atoms with Crippen LogP contribution in [0.25, 0.3) is 0 Å². The Labute approximate surface area is 123 Å². The monoisotopic (exact) mass is 282 g/mol. The lowest BCUT2D eigenvalue weighted by atomic mass is 9.55. The van der Waals surface area contributed by atoms with Gasteiger partial charge in [0.1, 0.15) is 0 Å². The smallest absolute Gasteiger partial charge is 0.222 e. The molecular weight excluding hydrogens is 252 g/mol. The van der Waals surface area contributed by atoms with Crippen molar-refractivity contribution in [2.24, 2.45) is 11.3 Å². The van der Waals surface area contributed by atoms with E-state index in [1.165, 1.54) is 0 Å². The zero-order valence-corrected chi connectivity index (χ0v) is 13.7. The van der Waals surface area contributed by atoms with Crippen molar-refractivity contribution in [2.75, 3.05) is 27.2 Å². The van der Waals surface area contributed by atoms with Gasteiger partial charge in [0, 0.05) is 32.0 Å². The first-order valence-corrected chi connectivity index (χ1v) is 7.83. The molecule has 2 aliphatic rings. The number of nitrogens with one attached hydrogen (secondary N) is 1. The van der Waals surface area contributed by atoms with Crippen molar-refractivity contribution in [1.82, 2.24) is 10.2 Å². The van der Waals surface area contributed by atoms with Crippen LogP contribution >= 0.6 is 0 Å². The molecule has 0 spiro atoms. The Hall–Kier alpha value is -0.610. The van der Waals surface area contributed by atoms with Crippen LogP contribution in [0, 0.1) is 11.3 Å². The topological polar surface area (TPSA) is 41.6 Å². The van der Waals surface area contributed by atoms with Gasteiger partial charge in [-0.3, -0.25) is 4.79 Å². The quantitative estimate of drug-likeness (QED) is 0.858. The predicted octanol–water partition coefficient (Wildman–Crippen LogP) is 2.04. The minimum absolute atomic E-state index is 0.0142. The number of nitrogens with zero attached hydrogens (tertiary/aromatic N) is 1. The molecule has 4 nitrogen and oxygen atoms in total. The minimum Gasteiger partial charge on any atom is -0.378 e. The summed E-state index contributed by atoms with van der Waals surface area (Å²) in [5, 5.41) is 3.35. The number of rotatable bonds is 4. The number of carbonyl (C=O) groups excluding carboxylic acids is 1. The molecule has 0 aromatic rings. The first kappa shape index (κ1) is 15.8. The fraction of sp³-hybridized carbons (Fsp3) is 0.938. The van der Waals surface area contributed by atoms with Crippen molar-refractivity contribution < 1.29 is 9.53 Å². The van der Waals surface area contributed by atoms with Crippen molar-refractivity contribution in [1.29, 1.82) is 0 Å². The SMILES string of the molecule is CO[C@]1(C)C[C@H](N(C)C(=O)CC2CCNCC2)C1(C)C. The molecular formula is C16H30N2O2. The molecule has 0 aromatic carbocycles. The molecule has 1 saturated carbocycles. The second-order valence-corrected chi connectivity index (χ2v) is 7.28. The van der Waals surface area contributed by atoms with E-state index in [2.05, 4.69) is 26.1 Å². The molecule has 1 aliphatic heterocycles. The zero-order valence-electron chi connectivity index (χ0n) is 13.7. The Morgan fingerprint density at radius 3 is 2.40 bits per heavy atom. The molecule has 1 aliphatic carbocycles. The van der Waals surface area contributed by atoms with Gasteiger partial charge in [-0.25, -0.2) is 0 Å². The van der Waals surface area contributed by atoms with Gasteiger partial charge in [0.2, 0.25) is 5.91 Å². The van der Waals surface area contributed by atoms with Crippen molar-refractivity contribution >= 4 is 5.91 Å². The van der Waals surface area contributed by atoms with E-state index in [4.69, 9.17) is 4.74 Å². The number of hydrogen-bond donors (Lipinski definition) is 1. The summed E-state index contributed by atoms with van der Waals surface area (Å²) in [5.74, 6) is 0.858. The number of methoxy groups -OCH3 is 1. The van der Waals surface area contributed by atoms with Crippen molar-refractivity contribution in [2.45, 2.75) is 58.1 Å². The zero-order chi connectivity index (χ0) is 15.0. The summed E-state index contributed by atoms with van der Waals surface area (Å²) < 4.78 is 5.65. The van der Waals surface area contributed by atoms with Crippen LogP contribution < -0.4 is 5.32 Å². The molecule has 0 aromatic heterocycles. The Kier molecular flexibility index (Phi) is 4.45. The molecule has 2 rings (SSSR count). The first-order valence-electron chi connectivity index (χ1n) is 7.83. The van der Waals surface area contributed by atoms with Crippen molar-refractivity contribution in [3.8, 4) is 0 Å². The Morgan fingerprint density at radius 1 is 1.30 bits per heavy atom. The molecule has 2 fully saturated rings. The van der Waals surface area contributed by atoms with Gasteiger partial charge in [-0.1, -0.05) is 13.8 Å². The molecule has 0 radical (unpaired) electrons. The van der Waals surface area contributed by atoms with E-state index in [0.29, 0.717) is 24.3 Å². The summed E-state index contributed by atoms with van der Waals surface area (Å²) in [7, 11) is 3.74. The summed E-state index contributed by atoms with van der Waals surface area (Å²) in [5.41, 5.74) is -0.0960. The Bertz CT molecular complexity index is 363. The van der Waals surface area contributed by atoms with Gasteiger partial charge in [-0.05, 0) is 45.2 Å².